The Morgan fingerprint density at radius 1 is 1.42 bits per heavy atom. The highest BCUT2D eigenvalue weighted by atomic mass is 16.4. The van der Waals surface area contributed by atoms with Gasteiger partial charge in [-0.3, -0.25) is 0 Å². The van der Waals surface area contributed by atoms with Gasteiger partial charge in [0.25, 0.3) is 0 Å². The number of hydrogen-bond donors (Lipinski definition) is 2. The van der Waals surface area contributed by atoms with Crippen molar-refractivity contribution < 1.29 is 9.90 Å². The Hall–Kier alpha value is -1.58. The fourth-order valence-electron chi connectivity index (χ4n) is 2.33. The second-order valence-corrected chi connectivity index (χ2v) is 6.39. The highest BCUT2D eigenvalue weighted by Crippen LogP contribution is 2.26. The molecule has 19 heavy (non-hydrogen) atoms. The van der Waals surface area contributed by atoms with Gasteiger partial charge in [0.05, 0.1) is 0 Å². The first-order chi connectivity index (χ1) is 8.87. The number of fused-ring (bicyclic) bond motifs is 1. The molecule has 1 aromatic heterocycles. The van der Waals surface area contributed by atoms with Gasteiger partial charge in [0.1, 0.15) is 11.4 Å². The minimum Gasteiger partial charge on any atom is -0.478 e. The maximum Gasteiger partial charge on any atom is 0.339 e. The largest absolute Gasteiger partial charge is 0.478 e. The highest BCUT2D eigenvalue weighted by Gasteiger charge is 2.20. The molecule has 0 atom stereocenters. The molecular formula is C15H22N2O2. The molecule has 0 unspecified atom stereocenters. The summed E-state index contributed by atoms with van der Waals surface area (Å²) in [6, 6.07) is 1.79. The van der Waals surface area contributed by atoms with Gasteiger partial charge in [-0.15, -0.1) is 0 Å². The van der Waals surface area contributed by atoms with E-state index in [1.54, 1.807) is 6.07 Å². The third kappa shape index (κ3) is 3.46. The van der Waals surface area contributed by atoms with Crippen LogP contribution in [0.25, 0.3) is 0 Å². The fourth-order valence-corrected chi connectivity index (χ4v) is 2.33. The lowest BCUT2D eigenvalue weighted by atomic mass is 9.92. The van der Waals surface area contributed by atoms with E-state index < -0.39 is 5.97 Å². The van der Waals surface area contributed by atoms with Crippen LogP contribution in [0, 0.1) is 5.41 Å². The molecule has 0 radical (unpaired) electrons. The zero-order valence-corrected chi connectivity index (χ0v) is 11.9. The molecule has 0 fully saturated rings. The first kappa shape index (κ1) is 13.8. The van der Waals surface area contributed by atoms with E-state index in [0.29, 0.717) is 11.4 Å². The van der Waals surface area contributed by atoms with Crippen LogP contribution in [0.3, 0.4) is 0 Å². The van der Waals surface area contributed by atoms with Gasteiger partial charge in [-0.25, -0.2) is 9.78 Å². The average Bonchev–Trinajstić information content (AvgIpc) is 2.72. The summed E-state index contributed by atoms with van der Waals surface area (Å²) < 4.78 is 0. The van der Waals surface area contributed by atoms with Gasteiger partial charge in [-0.2, -0.15) is 0 Å². The highest BCUT2D eigenvalue weighted by molar-refractivity contribution is 5.93. The molecule has 0 saturated carbocycles. The van der Waals surface area contributed by atoms with E-state index in [1.807, 2.05) is 0 Å². The quantitative estimate of drug-likeness (QED) is 0.875. The molecule has 0 spiro atoms. The Labute approximate surface area is 114 Å². The second kappa shape index (κ2) is 5.19. The molecule has 2 N–H and O–H groups in total. The van der Waals surface area contributed by atoms with Crippen LogP contribution >= 0.6 is 0 Å². The molecule has 1 aromatic rings. The van der Waals surface area contributed by atoms with E-state index in [2.05, 4.69) is 31.1 Å². The van der Waals surface area contributed by atoms with Gasteiger partial charge in [0, 0.05) is 12.2 Å². The smallest absolute Gasteiger partial charge is 0.339 e. The number of aryl methyl sites for hydroxylation is 2. The summed E-state index contributed by atoms with van der Waals surface area (Å²) in [6.45, 7) is 7.25. The zero-order valence-electron chi connectivity index (χ0n) is 11.9. The summed E-state index contributed by atoms with van der Waals surface area (Å²) in [7, 11) is 0. The summed E-state index contributed by atoms with van der Waals surface area (Å²) in [5, 5.41) is 12.5. The normalized spacial score (nSPS) is 14.3. The van der Waals surface area contributed by atoms with E-state index in [9.17, 15) is 9.90 Å². The molecule has 0 aromatic carbocycles. The summed E-state index contributed by atoms with van der Waals surface area (Å²) >= 11 is 0. The number of pyridine rings is 1. The number of nitrogens with zero attached hydrogens (tertiary/aromatic N) is 1. The standard InChI is InChI=1S/C15H22N2O2/c1-15(2,3)7-8-16-13-11(14(18)19)9-10-5-4-6-12(10)17-13/h9H,4-8H2,1-3H3,(H,16,17)(H,18,19). The van der Waals surface area contributed by atoms with E-state index >= 15 is 0 Å². The number of aromatic carboxylic acids is 1. The van der Waals surface area contributed by atoms with Crippen LogP contribution in [-0.2, 0) is 12.8 Å². The van der Waals surface area contributed by atoms with Crippen LogP contribution in [0.4, 0.5) is 5.82 Å². The second-order valence-electron chi connectivity index (χ2n) is 6.39. The van der Waals surface area contributed by atoms with Crippen molar-refractivity contribution in [1.82, 2.24) is 4.98 Å². The van der Waals surface area contributed by atoms with Gasteiger partial charge in [0.2, 0.25) is 0 Å². The monoisotopic (exact) mass is 262 g/mol. The van der Waals surface area contributed by atoms with Gasteiger partial charge in [-0.1, -0.05) is 20.8 Å². The minimum absolute atomic E-state index is 0.229. The van der Waals surface area contributed by atoms with Crippen molar-refractivity contribution in [2.24, 2.45) is 5.41 Å². The van der Waals surface area contributed by atoms with Crippen LogP contribution < -0.4 is 5.32 Å². The van der Waals surface area contributed by atoms with Gasteiger partial charge >= 0.3 is 5.97 Å². The molecule has 104 valence electrons. The molecule has 0 aliphatic heterocycles. The molecule has 1 aliphatic carbocycles. The first-order valence-corrected chi connectivity index (χ1v) is 6.87. The van der Waals surface area contributed by atoms with Crippen molar-refractivity contribution >= 4 is 11.8 Å². The van der Waals surface area contributed by atoms with Crippen molar-refractivity contribution in [2.45, 2.75) is 46.5 Å². The molecule has 2 rings (SSSR count). The van der Waals surface area contributed by atoms with Crippen molar-refractivity contribution in [3.05, 3.63) is 22.9 Å². The Morgan fingerprint density at radius 3 is 2.79 bits per heavy atom. The molecule has 0 bridgehead atoms. The van der Waals surface area contributed by atoms with Gasteiger partial charge < -0.3 is 10.4 Å². The molecule has 1 heterocycles. The molecular weight excluding hydrogens is 240 g/mol. The van der Waals surface area contributed by atoms with Gasteiger partial charge in [0.15, 0.2) is 0 Å². The lowest BCUT2D eigenvalue weighted by Gasteiger charge is -2.19. The van der Waals surface area contributed by atoms with Crippen molar-refractivity contribution in [1.29, 1.82) is 0 Å². The molecule has 4 heteroatoms. The number of carboxylic acid groups (broad SMARTS) is 1. The van der Waals surface area contributed by atoms with Crippen LogP contribution in [0.5, 0.6) is 0 Å². The summed E-state index contributed by atoms with van der Waals surface area (Å²) in [4.78, 5) is 15.8. The topological polar surface area (TPSA) is 62.2 Å². The third-order valence-electron chi connectivity index (χ3n) is 3.45. The predicted molar refractivity (Wildman–Crippen MR) is 75.8 cm³/mol. The van der Waals surface area contributed by atoms with E-state index in [1.165, 1.54) is 0 Å². The van der Waals surface area contributed by atoms with Crippen molar-refractivity contribution in [3.8, 4) is 0 Å². The van der Waals surface area contributed by atoms with Crippen LogP contribution in [0.15, 0.2) is 6.07 Å². The van der Waals surface area contributed by atoms with Gasteiger partial charge in [-0.05, 0) is 42.7 Å². The maximum atomic E-state index is 11.3. The lowest BCUT2D eigenvalue weighted by molar-refractivity contribution is 0.0697. The van der Waals surface area contributed by atoms with E-state index in [-0.39, 0.29) is 5.41 Å². The number of aromatic nitrogens is 1. The van der Waals surface area contributed by atoms with Crippen LogP contribution in [0.2, 0.25) is 0 Å². The zero-order chi connectivity index (χ0) is 14.0. The predicted octanol–water partition coefficient (Wildman–Crippen LogP) is 3.12. The molecule has 1 aliphatic rings. The van der Waals surface area contributed by atoms with Crippen LogP contribution in [-0.4, -0.2) is 22.6 Å². The summed E-state index contributed by atoms with van der Waals surface area (Å²) in [6.07, 6.45) is 3.96. The third-order valence-corrected chi connectivity index (χ3v) is 3.45. The first-order valence-electron chi connectivity index (χ1n) is 6.87. The van der Waals surface area contributed by atoms with E-state index in [4.69, 9.17) is 0 Å². The number of anilines is 1. The fraction of sp³-hybridized carbons (Fsp3) is 0.600. The number of hydrogen-bond acceptors (Lipinski definition) is 3. The van der Waals surface area contributed by atoms with Crippen molar-refractivity contribution in [3.63, 3.8) is 0 Å². The molecule has 4 nitrogen and oxygen atoms in total. The SMILES string of the molecule is CC(C)(C)CCNc1nc2c(cc1C(=O)O)CCC2. The Kier molecular flexibility index (Phi) is 3.78. The lowest BCUT2D eigenvalue weighted by Crippen LogP contribution is -2.16. The molecule has 0 saturated heterocycles. The van der Waals surface area contributed by atoms with Crippen molar-refractivity contribution in [2.75, 3.05) is 11.9 Å². The Bertz CT molecular complexity index is 490. The number of nitrogens with one attached hydrogen (secondary N) is 1. The summed E-state index contributed by atoms with van der Waals surface area (Å²) in [5.41, 5.74) is 2.68. The number of carboxylic acids is 1. The maximum absolute atomic E-state index is 11.3. The minimum atomic E-state index is -0.902. The number of rotatable bonds is 4. The Balaban J connectivity index is 2.16. The average molecular weight is 262 g/mol. The summed E-state index contributed by atoms with van der Waals surface area (Å²) in [5.74, 6) is -0.377. The Morgan fingerprint density at radius 2 is 2.16 bits per heavy atom. The molecule has 0 amide bonds. The van der Waals surface area contributed by atoms with Crippen LogP contribution in [0.1, 0.15) is 55.2 Å². The van der Waals surface area contributed by atoms with E-state index in [0.717, 1.165) is 43.5 Å². The number of carbonyl (C=O) groups is 1.